The summed E-state index contributed by atoms with van der Waals surface area (Å²) < 4.78 is 23.2. The summed E-state index contributed by atoms with van der Waals surface area (Å²) in [6, 6.07) is 16.6. The van der Waals surface area contributed by atoms with Crippen molar-refractivity contribution in [2.24, 2.45) is 10.2 Å². The van der Waals surface area contributed by atoms with E-state index in [0.717, 1.165) is 11.1 Å². The van der Waals surface area contributed by atoms with Crippen LogP contribution in [0.1, 0.15) is 29.2 Å². The van der Waals surface area contributed by atoms with Gasteiger partial charge in [0, 0.05) is 22.0 Å². The molecule has 0 saturated heterocycles. The lowest BCUT2D eigenvalue weighted by Gasteiger charge is -2.24. The Balaban J connectivity index is 1.81. The summed E-state index contributed by atoms with van der Waals surface area (Å²) in [6.45, 7) is 1.81. The number of benzene rings is 3. The Morgan fingerprint density at radius 2 is 1.74 bits per heavy atom. The van der Waals surface area contributed by atoms with Gasteiger partial charge in [-0.2, -0.15) is 5.10 Å². The Kier molecular flexibility index (Phi) is 5.70. The Morgan fingerprint density at radius 3 is 2.39 bits per heavy atom. The van der Waals surface area contributed by atoms with Crippen LogP contribution in [0.25, 0.3) is 0 Å². The highest BCUT2D eigenvalue weighted by Crippen LogP contribution is 2.41. The first-order chi connectivity index (χ1) is 14.6. The second kappa shape index (κ2) is 8.16. The van der Waals surface area contributed by atoms with Gasteiger partial charge in [-0.3, -0.25) is 5.01 Å². The van der Waals surface area contributed by atoms with Crippen molar-refractivity contribution >= 4 is 44.6 Å². The van der Waals surface area contributed by atoms with Crippen LogP contribution in [0.2, 0.25) is 10.0 Å². The van der Waals surface area contributed by atoms with Crippen molar-refractivity contribution in [3.05, 3.63) is 87.4 Å². The largest absolute Gasteiger partial charge is 0.507 e. The standard InChI is InChI=1S/C22H19Cl2N3O3S/c1-13-10-22(28)17(11-19(13)24)20-12-21(16-4-2-3-5-18(16)23)27(26-20)14-6-8-15(9-7-14)31(25,29)30/h2-11,21,28H,12H2,1H3,(H2,25,29,30). The lowest BCUT2D eigenvalue weighted by molar-refractivity contribution is 0.473. The zero-order valence-electron chi connectivity index (χ0n) is 16.5. The number of aromatic hydroxyl groups is 1. The second-order valence-corrected chi connectivity index (χ2v) is 9.67. The summed E-state index contributed by atoms with van der Waals surface area (Å²) in [4.78, 5) is 0.0110. The molecule has 0 bridgehead atoms. The van der Waals surface area contributed by atoms with Crippen molar-refractivity contribution in [1.82, 2.24) is 0 Å². The van der Waals surface area contributed by atoms with Crippen molar-refractivity contribution in [2.45, 2.75) is 24.3 Å². The molecule has 3 N–H and O–H groups in total. The van der Waals surface area contributed by atoms with Gasteiger partial charge in [-0.1, -0.05) is 41.4 Å². The number of phenols is 1. The molecular weight excluding hydrogens is 457 g/mol. The fraction of sp³-hybridized carbons (Fsp3) is 0.136. The van der Waals surface area contributed by atoms with Gasteiger partial charge in [-0.15, -0.1) is 0 Å². The highest BCUT2D eigenvalue weighted by molar-refractivity contribution is 7.89. The third kappa shape index (κ3) is 4.27. The molecule has 1 unspecified atom stereocenters. The van der Waals surface area contributed by atoms with Gasteiger partial charge in [0.05, 0.1) is 22.3 Å². The number of anilines is 1. The number of sulfonamides is 1. The molecule has 0 saturated carbocycles. The molecule has 0 aromatic heterocycles. The van der Waals surface area contributed by atoms with Crippen LogP contribution in [0.15, 0.2) is 70.7 Å². The van der Waals surface area contributed by atoms with Gasteiger partial charge in [-0.25, -0.2) is 13.6 Å². The Morgan fingerprint density at radius 1 is 1.06 bits per heavy atom. The van der Waals surface area contributed by atoms with Crippen molar-refractivity contribution < 1.29 is 13.5 Å². The van der Waals surface area contributed by atoms with Crippen LogP contribution in [-0.4, -0.2) is 19.2 Å². The van der Waals surface area contributed by atoms with Gasteiger partial charge in [0.2, 0.25) is 10.0 Å². The zero-order chi connectivity index (χ0) is 22.3. The van der Waals surface area contributed by atoms with Gasteiger partial charge in [0.15, 0.2) is 0 Å². The molecule has 4 rings (SSSR count). The number of halogens is 2. The van der Waals surface area contributed by atoms with Crippen LogP contribution in [0.3, 0.4) is 0 Å². The molecule has 0 radical (unpaired) electrons. The van der Waals surface area contributed by atoms with E-state index in [9.17, 15) is 13.5 Å². The van der Waals surface area contributed by atoms with Gasteiger partial charge in [0.1, 0.15) is 5.75 Å². The molecule has 1 atom stereocenters. The number of nitrogens with two attached hydrogens (primary N) is 1. The van der Waals surface area contributed by atoms with Crippen LogP contribution in [0, 0.1) is 6.92 Å². The van der Waals surface area contributed by atoms with E-state index >= 15 is 0 Å². The van der Waals surface area contributed by atoms with Crippen LogP contribution in [0.4, 0.5) is 5.69 Å². The Bertz CT molecular complexity index is 1290. The molecule has 3 aromatic rings. The number of primary sulfonamides is 1. The predicted octanol–water partition coefficient (Wildman–Crippen LogP) is 5.01. The number of rotatable bonds is 4. The summed E-state index contributed by atoms with van der Waals surface area (Å²) in [5.74, 6) is 0.0879. The fourth-order valence-corrected chi connectivity index (χ4v) is 4.53. The number of phenolic OH excluding ortho intramolecular Hbond substituents is 1. The lowest BCUT2D eigenvalue weighted by atomic mass is 9.97. The normalized spacial score (nSPS) is 16.5. The quantitative estimate of drug-likeness (QED) is 0.553. The minimum Gasteiger partial charge on any atom is -0.507 e. The minimum absolute atomic E-state index is 0.0110. The summed E-state index contributed by atoms with van der Waals surface area (Å²) in [6.07, 6.45) is 0.466. The third-order valence-corrected chi connectivity index (χ3v) is 6.87. The van der Waals surface area contributed by atoms with Crippen molar-refractivity contribution in [3.63, 3.8) is 0 Å². The number of aryl methyl sites for hydroxylation is 1. The molecule has 0 spiro atoms. The molecule has 3 aromatic carbocycles. The van der Waals surface area contributed by atoms with Crippen LogP contribution < -0.4 is 10.1 Å². The molecule has 0 fully saturated rings. The summed E-state index contributed by atoms with van der Waals surface area (Å²) in [7, 11) is -3.81. The first-order valence-electron chi connectivity index (χ1n) is 9.38. The molecule has 1 aliphatic rings. The van der Waals surface area contributed by atoms with Crippen LogP contribution in [0.5, 0.6) is 5.75 Å². The maximum absolute atomic E-state index is 11.6. The smallest absolute Gasteiger partial charge is 0.238 e. The number of nitrogens with zero attached hydrogens (tertiary/aromatic N) is 2. The molecule has 9 heteroatoms. The van der Waals surface area contributed by atoms with Crippen molar-refractivity contribution in [1.29, 1.82) is 0 Å². The maximum Gasteiger partial charge on any atom is 0.238 e. The van der Waals surface area contributed by atoms with E-state index in [0.29, 0.717) is 33.4 Å². The van der Waals surface area contributed by atoms with E-state index < -0.39 is 10.0 Å². The van der Waals surface area contributed by atoms with Crippen LogP contribution in [-0.2, 0) is 10.0 Å². The van der Waals surface area contributed by atoms with E-state index in [1.807, 2.05) is 25.1 Å². The van der Waals surface area contributed by atoms with Crippen LogP contribution >= 0.6 is 23.2 Å². The molecule has 160 valence electrons. The van der Waals surface area contributed by atoms with E-state index in [1.54, 1.807) is 35.3 Å². The summed E-state index contributed by atoms with van der Waals surface area (Å²) in [5.41, 5.74) is 3.46. The lowest BCUT2D eigenvalue weighted by Crippen LogP contribution is -2.19. The molecule has 0 amide bonds. The fourth-order valence-electron chi connectivity index (χ4n) is 3.58. The van der Waals surface area contributed by atoms with Gasteiger partial charge in [-0.05, 0) is 60.5 Å². The van der Waals surface area contributed by atoms with Gasteiger partial charge < -0.3 is 5.11 Å². The van der Waals surface area contributed by atoms with Crippen molar-refractivity contribution in [2.75, 3.05) is 5.01 Å². The number of hydrogen-bond donors (Lipinski definition) is 2. The molecular formula is C22H19Cl2N3O3S. The van der Waals surface area contributed by atoms with E-state index in [1.165, 1.54) is 12.1 Å². The molecule has 0 aliphatic carbocycles. The highest BCUT2D eigenvalue weighted by atomic mass is 35.5. The topological polar surface area (TPSA) is 96.0 Å². The van der Waals surface area contributed by atoms with E-state index in [4.69, 9.17) is 33.4 Å². The second-order valence-electron chi connectivity index (χ2n) is 7.29. The van der Waals surface area contributed by atoms with E-state index in [-0.39, 0.29) is 16.7 Å². The highest BCUT2D eigenvalue weighted by Gasteiger charge is 2.32. The first kappa shape index (κ1) is 21.6. The first-order valence-corrected chi connectivity index (χ1v) is 11.7. The monoisotopic (exact) mass is 475 g/mol. The van der Waals surface area contributed by atoms with Gasteiger partial charge in [0.25, 0.3) is 0 Å². The van der Waals surface area contributed by atoms with E-state index in [2.05, 4.69) is 0 Å². The number of hydrogen-bond acceptors (Lipinski definition) is 5. The van der Waals surface area contributed by atoms with Gasteiger partial charge >= 0.3 is 0 Å². The SMILES string of the molecule is Cc1cc(O)c(C2=NN(c3ccc(S(N)(=O)=O)cc3)C(c3ccccc3Cl)C2)cc1Cl. The zero-order valence-corrected chi connectivity index (χ0v) is 18.8. The average Bonchev–Trinajstić information content (AvgIpc) is 3.15. The Labute approximate surface area is 190 Å². The Hall–Kier alpha value is -2.58. The maximum atomic E-state index is 11.6. The summed E-state index contributed by atoms with van der Waals surface area (Å²) >= 11 is 12.8. The number of hydrazone groups is 1. The van der Waals surface area contributed by atoms with Crippen molar-refractivity contribution in [3.8, 4) is 5.75 Å². The third-order valence-electron chi connectivity index (χ3n) is 5.19. The molecule has 6 nitrogen and oxygen atoms in total. The minimum atomic E-state index is -3.81. The molecule has 1 heterocycles. The molecule has 1 aliphatic heterocycles. The predicted molar refractivity (Wildman–Crippen MR) is 123 cm³/mol. The average molecular weight is 476 g/mol. The molecule has 31 heavy (non-hydrogen) atoms. The summed E-state index contributed by atoms with van der Waals surface area (Å²) in [5, 5.41) is 23.3.